The van der Waals surface area contributed by atoms with Crippen molar-refractivity contribution in [2.75, 3.05) is 5.75 Å². The van der Waals surface area contributed by atoms with Crippen molar-refractivity contribution < 1.29 is 13.9 Å². The van der Waals surface area contributed by atoms with Crippen LogP contribution in [-0.4, -0.2) is 27.4 Å². The normalized spacial score (nSPS) is 13.1. The number of nitrogens with one attached hydrogen (secondary N) is 1. The standard InChI is InChI=1S/C18H22N4O3S/c1-12(2)18(4,11-19)20-15(23)10-26-17-22-21-16(25-17)9-24-14-7-5-6-13(3)8-14/h5-8,12H,9-10H2,1-4H3,(H,20,23)/t18-/m1/s1. The highest BCUT2D eigenvalue weighted by Crippen LogP contribution is 2.20. The van der Waals surface area contributed by atoms with Crippen molar-refractivity contribution in [1.82, 2.24) is 15.5 Å². The number of benzene rings is 1. The summed E-state index contributed by atoms with van der Waals surface area (Å²) in [5, 5.41) is 20.1. The summed E-state index contributed by atoms with van der Waals surface area (Å²) in [7, 11) is 0. The van der Waals surface area contributed by atoms with E-state index in [1.807, 2.05) is 45.0 Å². The number of hydrogen-bond donors (Lipinski definition) is 1. The lowest BCUT2D eigenvalue weighted by atomic mass is 9.90. The molecule has 0 fully saturated rings. The predicted molar refractivity (Wildman–Crippen MR) is 97.5 cm³/mol. The van der Waals surface area contributed by atoms with Crippen LogP contribution in [-0.2, 0) is 11.4 Å². The van der Waals surface area contributed by atoms with Crippen molar-refractivity contribution in [3.05, 3.63) is 35.7 Å². The third kappa shape index (κ3) is 5.49. The average Bonchev–Trinajstić information content (AvgIpc) is 3.06. The molecule has 0 aliphatic heterocycles. The molecule has 138 valence electrons. The summed E-state index contributed by atoms with van der Waals surface area (Å²) < 4.78 is 11.1. The predicted octanol–water partition coefficient (Wildman–Crippen LogP) is 3.10. The van der Waals surface area contributed by atoms with Crippen LogP contribution in [0.3, 0.4) is 0 Å². The van der Waals surface area contributed by atoms with Gasteiger partial charge >= 0.3 is 0 Å². The SMILES string of the molecule is Cc1cccc(OCc2nnc(SCC(=O)N[C@](C)(C#N)C(C)C)o2)c1. The van der Waals surface area contributed by atoms with E-state index in [1.165, 1.54) is 0 Å². The summed E-state index contributed by atoms with van der Waals surface area (Å²) >= 11 is 1.12. The molecular weight excluding hydrogens is 352 g/mol. The highest BCUT2D eigenvalue weighted by Gasteiger charge is 2.30. The maximum Gasteiger partial charge on any atom is 0.277 e. The van der Waals surface area contributed by atoms with Crippen molar-refractivity contribution >= 4 is 17.7 Å². The number of nitrogens with zero attached hydrogens (tertiary/aromatic N) is 3. The van der Waals surface area contributed by atoms with Crippen molar-refractivity contribution in [3.63, 3.8) is 0 Å². The molecule has 0 saturated carbocycles. The van der Waals surface area contributed by atoms with Gasteiger partial charge in [0.05, 0.1) is 11.8 Å². The second kappa shape index (κ2) is 8.72. The van der Waals surface area contributed by atoms with Gasteiger partial charge in [0, 0.05) is 0 Å². The maximum atomic E-state index is 12.0. The first-order valence-electron chi connectivity index (χ1n) is 8.19. The number of rotatable bonds is 8. The minimum Gasteiger partial charge on any atom is -0.484 e. The molecule has 7 nitrogen and oxygen atoms in total. The maximum absolute atomic E-state index is 12.0. The topological polar surface area (TPSA) is 101 Å². The molecule has 0 radical (unpaired) electrons. The molecule has 0 unspecified atom stereocenters. The van der Waals surface area contributed by atoms with E-state index in [2.05, 4.69) is 21.6 Å². The van der Waals surface area contributed by atoms with E-state index >= 15 is 0 Å². The molecule has 0 spiro atoms. The number of nitriles is 1. The zero-order valence-corrected chi connectivity index (χ0v) is 16.1. The van der Waals surface area contributed by atoms with Crippen molar-refractivity contribution in [2.24, 2.45) is 5.92 Å². The van der Waals surface area contributed by atoms with Crippen LogP contribution in [0.2, 0.25) is 0 Å². The van der Waals surface area contributed by atoms with Gasteiger partial charge in [-0.3, -0.25) is 4.79 Å². The van der Waals surface area contributed by atoms with Crippen LogP contribution in [0.25, 0.3) is 0 Å². The summed E-state index contributed by atoms with van der Waals surface area (Å²) in [5.74, 6) is 0.878. The number of hydrogen-bond acceptors (Lipinski definition) is 7. The molecule has 1 amide bonds. The molecule has 0 aliphatic rings. The van der Waals surface area contributed by atoms with Gasteiger partial charge in [-0.25, -0.2) is 0 Å². The van der Waals surface area contributed by atoms with Crippen molar-refractivity contribution in [3.8, 4) is 11.8 Å². The second-order valence-corrected chi connectivity index (χ2v) is 7.30. The van der Waals surface area contributed by atoms with Crippen LogP contribution in [0.4, 0.5) is 0 Å². The first-order valence-corrected chi connectivity index (χ1v) is 9.18. The van der Waals surface area contributed by atoms with Gasteiger partial charge in [-0.2, -0.15) is 5.26 Å². The van der Waals surface area contributed by atoms with Gasteiger partial charge in [0.15, 0.2) is 6.61 Å². The minimum atomic E-state index is -0.903. The van der Waals surface area contributed by atoms with Gasteiger partial charge < -0.3 is 14.5 Å². The molecule has 1 aromatic carbocycles. The number of amides is 1. The number of aromatic nitrogens is 2. The van der Waals surface area contributed by atoms with Gasteiger partial charge in [-0.1, -0.05) is 37.7 Å². The van der Waals surface area contributed by atoms with E-state index < -0.39 is 5.54 Å². The Bertz CT molecular complexity index is 800. The van der Waals surface area contributed by atoms with Gasteiger partial charge in [0.1, 0.15) is 11.3 Å². The zero-order chi connectivity index (χ0) is 19.2. The number of carbonyl (C=O) groups excluding carboxylic acids is 1. The average molecular weight is 374 g/mol. The highest BCUT2D eigenvalue weighted by atomic mass is 32.2. The van der Waals surface area contributed by atoms with Gasteiger partial charge in [-0.15, -0.1) is 10.2 Å². The largest absolute Gasteiger partial charge is 0.484 e. The fourth-order valence-corrected chi connectivity index (χ4v) is 2.54. The van der Waals surface area contributed by atoms with Crippen molar-refractivity contribution in [1.29, 1.82) is 5.26 Å². The number of ether oxygens (including phenoxy) is 1. The first kappa shape index (κ1) is 19.8. The first-order chi connectivity index (χ1) is 12.3. The molecule has 2 rings (SSSR count). The van der Waals surface area contributed by atoms with Crippen LogP contribution < -0.4 is 10.1 Å². The summed E-state index contributed by atoms with van der Waals surface area (Å²) in [4.78, 5) is 12.0. The summed E-state index contributed by atoms with van der Waals surface area (Å²) in [6.45, 7) is 7.61. The quantitative estimate of drug-likeness (QED) is 0.708. The van der Waals surface area contributed by atoms with E-state index in [-0.39, 0.29) is 29.4 Å². The molecule has 1 heterocycles. The Hall–Kier alpha value is -2.53. The summed E-state index contributed by atoms with van der Waals surface area (Å²) in [6, 6.07) is 9.79. The highest BCUT2D eigenvalue weighted by molar-refractivity contribution is 7.99. The summed E-state index contributed by atoms with van der Waals surface area (Å²) in [5.41, 5.74) is 0.195. The van der Waals surface area contributed by atoms with Gasteiger partial charge in [0.2, 0.25) is 5.91 Å². The van der Waals surface area contributed by atoms with Crippen LogP contribution in [0, 0.1) is 24.2 Å². The fraction of sp³-hybridized carbons (Fsp3) is 0.444. The van der Waals surface area contributed by atoms with Crippen LogP contribution in [0.5, 0.6) is 5.75 Å². The molecule has 0 saturated heterocycles. The summed E-state index contributed by atoms with van der Waals surface area (Å²) in [6.07, 6.45) is 0. The number of thioether (sulfide) groups is 1. The van der Waals surface area contributed by atoms with Crippen LogP contribution in [0.1, 0.15) is 32.2 Å². The lowest BCUT2D eigenvalue weighted by Crippen LogP contribution is -2.49. The fourth-order valence-electron chi connectivity index (χ4n) is 1.96. The molecule has 2 aromatic rings. The Labute approximate surface area is 157 Å². The Morgan fingerprint density at radius 1 is 1.46 bits per heavy atom. The third-order valence-electron chi connectivity index (χ3n) is 3.91. The van der Waals surface area contributed by atoms with Crippen LogP contribution in [0.15, 0.2) is 33.9 Å². The van der Waals surface area contributed by atoms with E-state index in [9.17, 15) is 10.1 Å². The second-order valence-electron chi connectivity index (χ2n) is 6.37. The van der Waals surface area contributed by atoms with Crippen LogP contribution >= 0.6 is 11.8 Å². The molecule has 0 bridgehead atoms. The van der Waals surface area contributed by atoms with Gasteiger partial charge in [0.25, 0.3) is 11.1 Å². The Balaban J connectivity index is 1.83. The number of aryl methyl sites for hydroxylation is 1. The molecule has 1 N–H and O–H groups in total. The molecule has 1 aromatic heterocycles. The zero-order valence-electron chi connectivity index (χ0n) is 15.3. The molecular formula is C18H22N4O3S. The molecule has 1 atom stereocenters. The van der Waals surface area contributed by atoms with Gasteiger partial charge in [-0.05, 0) is 37.5 Å². The smallest absolute Gasteiger partial charge is 0.277 e. The van der Waals surface area contributed by atoms with E-state index in [4.69, 9.17) is 9.15 Å². The minimum absolute atomic E-state index is 0.00442. The van der Waals surface area contributed by atoms with Crippen molar-refractivity contribution in [2.45, 2.75) is 45.1 Å². The Morgan fingerprint density at radius 2 is 2.23 bits per heavy atom. The van der Waals surface area contributed by atoms with E-state index in [0.29, 0.717) is 5.89 Å². The monoisotopic (exact) mass is 374 g/mol. The van der Waals surface area contributed by atoms with E-state index in [0.717, 1.165) is 23.1 Å². The molecule has 0 aliphatic carbocycles. The molecule has 8 heteroatoms. The van der Waals surface area contributed by atoms with E-state index in [1.54, 1.807) is 6.92 Å². The third-order valence-corrected chi connectivity index (χ3v) is 4.73. The lowest BCUT2D eigenvalue weighted by Gasteiger charge is -2.27. The lowest BCUT2D eigenvalue weighted by molar-refractivity contribution is -0.120. The Morgan fingerprint density at radius 3 is 2.88 bits per heavy atom. The number of carbonyl (C=O) groups is 1. The Kier molecular flexibility index (Phi) is 6.64. The molecule has 26 heavy (non-hydrogen) atoms.